The van der Waals surface area contributed by atoms with E-state index in [1.165, 1.54) is 0 Å². The van der Waals surface area contributed by atoms with Crippen molar-refractivity contribution in [1.82, 2.24) is 5.32 Å². The molecule has 0 saturated heterocycles. The van der Waals surface area contributed by atoms with Crippen LogP contribution in [-0.4, -0.2) is 31.0 Å². The van der Waals surface area contributed by atoms with Crippen molar-refractivity contribution in [3.8, 4) is 0 Å². The monoisotopic (exact) mass is 176 g/mol. The van der Waals surface area contributed by atoms with Gasteiger partial charge in [-0.25, -0.2) is 0 Å². The van der Waals surface area contributed by atoms with Crippen molar-refractivity contribution in [3.63, 3.8) is 0 Å². The molecule has 0 bridgehead atoms. The molecule has 11 heavy (non-hydrogen) atoms. The van der Waals surface area contributed by atoms with Gasteiger partial charge in [0, 0.05) is 18.7 Å². The first-order valence-corrected chi connectivity index (χ1v) is 5.16. The molecule has 0 aromatic rings. The van der Waals surface area contributed by atoms with Gasteiger partial charge in [-0.3, -0.25) is 4.79 Å². The second kappa shape index (κ2) is 7.88. The number of carbonyl (C=O) groups is 1. The van der Waals surface area contributed by atoms with Crippen LogP contribution in [0.5, 0.6) is 0 Å². The van der Waals surface area contributed by atoms with Crippen molar-refractivity contribution in [2.75, 3.05) is 25.1 Å². The molecule has 0 spiro atoms. The molecule has 0 aliphatic heterocycles. The summed E-state index contributed by atoms with van der Waals surface area (Å²) in [6.07, 6.45) is 3.36. The van der Waals surface area contributed by atoms with Crippen LogP contribution in [-0.2, 0) is 4.79 Å². The van der Waals surface area contributed by atoms with E-state index in [9.17, 15) is 4.79 Å². The molecule has 3 N–H and O–H groups in total. The Morgan fingerprint density at radius 1 is 1.64 bits per heavy atom. The number of nitrogens with one attached hydrogen (secondary N) is 1. The number of thioether (sulfide) groups is 1. The van der Waals surface area contributed by atoms with Crippen molar-refractivity contribution < 1.29 is 4.79 Å². The predicted molar refractivity (Wildman–Crippen MR) is 49.7 cm³/mol. The van der Waals surface area contributed by atoms with Gasteiger partial charge >= 0.3 is 0 Å². The normalized spacial score (nSPS) is 9.64. The highest BCUT2D eigenvalue weighted by Gasteiger charge is 1.97. The molecule has 4 heteroatoms. The van der Waals surface area contributed by atoms with Crippen molar-refractivity contribution in [2.45, 2.75) is 12.8 Å². The van der Waals surface area contributed by atoms with Gasteiger partial charge in [-0.1, -0.05) is 0 Å². The molecule has 0 aliphatic carbocycles. The first kappa shape index (κ1) is 10.8. The molecule has 0 rings (SSSR count). The standard InChI is InChI=1S/C7H16N2OS/c1-11-6-5-9-7(10)3-2-4-8/h2-6,8H2,1H3,(H,9,10). The molecule has 1 amide bonds. The second-order valence-corrected chi connectivity index (χ2v) is 3.22. The van der Waals surface area contributed by atoms with Crippen LogP contribution in [0.2, 0.25) is 0 Å². The number of amides is 1. The number of hydrogen-bond donors (Lipinski definition) is 2. The Morgan fingerprint density at radius 2 is 2.36 bits per heavy atom. The number of carbonyl (C=O) groups excluding carboxylic acids is 1. The van der Waals surface area contributed by atoms with E-state index in [1.54, 1.807) is 11.8 Å². The maximum Gasteiger partial charge on any atom is 0.220 e. The summed E-state index contributed by atoms with van der Waals surface area (Å²) in [6, 6.07) is 0. The smallest absolute Gasteiger partial charge is 0.220 e. The van der Waals surface area contributed by atoms with Crippen LogP contribution in [0.3, 0.4) is 0 Å². The third kappa shape index (κ3) is 7.68. The second-order valence-electron chi connectivity index (χ2n) is 2.23. The lowest BCUT2D eigenvalue weighted by Crippen LogP contribution is -2.25. The Hall–Kier alpha value is -0.220. The third-order valence-corrected chi connectivity index (χ3v) is 1.85. The average molecular weight is 176 g/mol. The van der Waals surface area contributed by atoms with Crippen molar-refractivity contribution in [3.05, 3.63) is 0 Å². The fourth-order valence-corrected chi connectivity index (χ4v) is 0.950. The van der Waals surface area contributed by atoms with Crippen molar-refractivity contribution in [1.29, 1.82) is 0 Å². The summed E-state index contributed by atoms with van der Waals surface area (Å²) in [6.45, 7) is 1.36. The third-order valence-electron chi connectivity index (χ3n) is 1.24. The van der Waals surface area contributed by atoms with Crippen molar-refractivity contribution >= 4 is 17.7 Å². The van der Waals surface area contributed by atoms with Crippen LogP contribution in [0.25, 0.3) is 0 Å². The Balaban J connectivity index is 3.09. The van der Waals surface area contributed by atoms with E-state index in [-0.39, 0.29) is 5.91 Å². The fourth-order valence-electron chi connectivity index (χ4n) is 0.644. The Morgan fingerprint density at radius 3 is 2.91 bits per heavy atom. The van der Waals surface area contributed by atoms with Gasteiger partial charge in [0.1, 0.15) is 0 Å². The predicted octanol–water partition coefficient (Wildman–Crippen LogP) is 0.205. The lowest BCUT2D eigenvalue weighted by Gasteiger charge is -2.01. The molecular weight excluding hydrogens is 160 g/mol. The van der Waals surface area contributed by atoms with E-state index in [4.69, 9.17) is 5.73 Å². The van der Waals surface area contributed by atoms with E-state index >= 15 is 0 Å². The minimum atomic E-state index is 0.115. The summed E-state index contributed by atoms with van der Waals surface area (Å²) in [7, 11) is 0. The lowest BCUT2D eigenvalue weighted by atomic mass is 10.3. The molecule has 0 saturated carbocycles. The van der Waals surface area contributed by atoms with E-state index in [0.717, 1.165) is 18.7 Å². The van der Waals surface area contributed by atoms with Crippen LogP contribution >= 0.6 is 11.8 Å². The zero-order chi connectivity index (χ0) is 8.53. The summed E-state index contributed by atoms with van der Waals surface area (Å²) < 4.78 is 0. The van der Waals surface area contributed by atoms with Gasteiger partial charge in [0.05, 0.1) is 0 Å². The van der Waals surface area contributed by atoms with Crippen LogP contribution in [0.4, 0.5) is 0 Å². The number of hydrogen-bond acceptors (Lipinski definition) is 3. The Kier molecular flexibility index (Phi) is 7.72. The molecular formula is C7H16N2OS. The molecule has 0 fully saturated rings. The molecule has 0 unspecified atom stereocenters. The lowest BCUT2D eigenvalue weighted by molar-refractivity contribution is -0.121. The molecule has 66 valence electrons. The molecule has 0 radical (unpaired) electrons. The highest BCUT2D eigenvalue weighted by Crippen LogP contribution is 1.89. The molecule has 0 atom stereocenters. The fraction of sp³-hybridized carbons (Fsp3) is 0.857. The maximum atomic E-state index is 10.9. The highest BCUT2D eigenvalue weighted by molar-refractivity contribution is 7.98. The zero-order valence-electron chi connectivity index (χ0n) is 6.93. The molecule has 0 aromatic carbocycles. The largest absolute Gasteiger partial charge is 0.355 e. The van der Waals surface area contributed by atoms with E-state index in [1.807, 2.05) is 6.26 Å². The number of rotatable bonds is 6. The number of nitrogens with two attached hydrogens (primary N) is 1. The zero-order valence-corrected chi connectivity index (χ0v) is 7.75. The quantitative estimate of drug-likeness (QED) is 0.569. The average Bonchev–Trinajstić information content (AvgIpc) is 2.01. The van der Waals surface area contributed by atoms with Gasteiger partial charge in [-0.05, 0) is 19.2 Å². The van der Waals surface area contributed by atoms with Crippen LogP contribution in [0, 0.1) is 0 Å². The van der Waals surface area contributed by atoms with Gasteiger partial charge in [0.2, 0.25) is 5.91 Å². The molecule has 0 aromatic heterocycles. The van der Waals surface area contributed by atoms with Crippen LogP contribution in [0.1, 0.15) is 12.8 Å². The minimum absolute atomic E-state index is 0.115. The van der Waals surface area contributed by atoms with E-state index in [0.29, 0.717) is 13.0 Å². The van der Waals surface area contributed by atoms with Gasteiger partial charge in [-0.15, -0.1) is 0 Å². The van der Waals surface area contributed by atoms with Gasteiger partial charge in [-0.2, -0.15) is 11.8 Å². The summed E-state index contributed by atoms with van der Waals surface area (Å²) in [5.74, 6) is 1.10. The molecule has 0 heterocycles. The van der Waals surface area contributed by atoms with Crippen LogP contribution < -0.4 is 11.1 Å². The van der Waals surface area contributed by atoms with E-state index in [2.05, 4.69) is 5.32 Å². The van der Waals surface area contributed by atoms with Gasteiger partial charge in [0.15, 0.2) is 0 Å². The van der Waals surface area contributed by atoms with Crippen molar-refractivity contribution in [2.24, 2.45) is 5.73 Å². The van der Waals surface area contributed by atoms with Gasteiger partial charge in [0.25, 0.3) is 0 Å². The van der Waals surface area contributed by atoms with Crippen LogP contribution in [0.15, 0.2) is 0 Å². The summed E-state index contributed by atoms with van der Waals surface area (Å²) >= 11 is 1.73. The first-order chi connectivity index (χ1) is 5.31. The minimum Gasteiger partial charge on any atom is -0.355 e. The maximum absolute atomic E-state index is 10.9. The molecule has 0 aliphatic rings. The SMILES string of the molecule is CSCCNC(=O)CCCN. The molecule has 3 nitrogen and oxygen atoms in total. The highest BCUT2D eigenvalue weighted by atomic mass is 32.2. The van der Waals surface area contributed by atoms with Gasteiger partial charge < -0.3 is 11.1 Å². The van der Waals surface area contributed by atoms with E-state index < -0.39 is 0 Å². The summed E-state index contributed by atoms with van der Waals surface area (Å²) in [5.41, 5.74) is 5.25. The first-order valence-electron chi connectivity index (χ1n) is 3.77. The topological polar surface area (TPSA) is 55.1 Å². The summed E-state index contributed by atoms with van der Waals surface area (Å²) in [4.78, 5) is 10.9. The summed E-state index contributed by atoms with van der Waals surface area (Å²) in [5, 5.41) is 2.80. The Bertz CT molecular complexity index is 109. The Labute approximate surface area is 72.1 Å².